The molecular formula is C18H22N2O4S2. The maximum absolute atomic E-state index is 12.4. The highest BCUT2D eigenvalue weighted by atomic mass is 32.1. The van der Waals surface area contributed by atoms with Gasteiger partial charge in [-0.1, -0.05) is 19.4 Å². The first kappa shape index (κ1) is 20.1. The zero-order chi connectivity index (χ0) is 19.1. The third kappa shape index (κ3) is 4.92. The van der Waals surface area contributed by atoms with E-state index in [0.717, 1.165) is 29.1 Å². The summed E-state index contributed by atoms with van der Waals surface area (Å²) in [4.78, 5) is 38.2. The minimum absolute atomic E-state index is 0.216. The van der Waals surface area contributed by atoms with Gasteiger partial charge in [-0.15, -0.1) is 22.7 Å². The summed E-state index contributed by atoms with van der Waals surface area (Å²) >= 11 is 2.58. The third-order valence-corrected chi connectivity index (χ3v) is 5.81. The SMILES string of the molecule is CCCCNC(=O)c1sc(NC(=O)Cc2cccs2)c(C(=O)OC)c1C. The molecule has 6 nitrogen and oxygen atoms in total. The van der Waals surface area contributed by atoms with Crippen LogP contribution in [-0.4, -0.2) is 31.4 Å². The van der Waals surface area contributed by atoms with E-state index >= 15 is 0 Å². The molecule has 0 aliphatic carbocycles. The molecule has 2 rings (SSSR count). The smallest absolute Gasteiger partial charge is 0.341 e. The molecule has 2 N–H and O–H groups in total. The second-order valence-corrected chi connectivity index (χ2v) is 7.72. The molecule has 140 valence electrons. The van der Waals surface area contributed by atoms with Gasteiger partial charge >= 0.3 is 5.97 Å². The number of carbonyl (C=O) groups excluding carboxylic acids is 3. The number of hydrogen-bond donors (Lipinski definition) is 2. The summed E-state index contributed by atoms with van der Waals surface area (Å²) in [6.07, 6.45) is 2.07. The van der Waals surface area contributed by atoms with Gasteiger partial charge in [0.1, 0.15) is 5.00 Å². The Morgan fingerprint density at radius 1 is 1.27 bits per heavy atom. The maximum Gasteiger partial charge on any atom is 0.341 e. The van der Waals surface area contributed by atoms with Gasteiger partial charge in [0, 0.05) is 11.4 Å². The second-order valence-electron chi connectivity index (χ2n) is 5.67. The van der Waals surface area contributed by atoms with Gasteiger partial charge in [-0.25, -0.2) is 4.79 Å². The van der Waals surface area contributed by atoms with E-state index in [1.54, 1.807) is 6.92 Å². The summed E-state index contributed by atoms with van der Waals surface area (Å²) in [5.41, 5.74) is 0.750. The van der Waals surface area contributed by atoms with Crippen molar-refractivity contribution in [3.05, 3.63) is 38.4 Å². The molecule has 0 bridgehead atoms. The molecule has 2 aromatic rings. The van der Waals surface area contributed by atoms with Crippen molar-refractivity contribution >= 4 is 45.5 Å². The number of unbranched alkanes of at least 4 members (excludes halogenated alkanes) is 1. The van der Waals surface area contributed by atoms with Crippen molar-refractivity contribution in [3.63, 3.8) is 0 Å². The molecule has 0 spiro atoms. The van der Waals surface area contributed by atoms with Crippen LogP contribution in [0.5, 0.6) is 0 Å². The van der Waals surface area contributed by atoms with Crippen molar-refractivity contribution in [1.82, 2.24) is 5.32 Å². The molecule has 0 atom stereocenters. The summed E-state index contributed by atoms with van der Waals surface area (Å²) < 4.78 is 4.82. The average molecular weight is 395 g/mol. The summed E-state index contributed by atoms with van der Waals surface area (Å²) in [5.74, 6) is -1.06. The monoisotopic (exact) mass is 394 g/mol. The van der Waals surface area contributed by atoms with Crippen LogP contribution in [0.4, 0.5) is 5.00 Å². The van der Waals surface area contributed by atoms with Gasteiger partial charge in [0.05, 0.1) is 24.0 Å². The first-order valence-corrected chi connectivity index (χ1v) is 9.99. The molecule has 26 heavy (non-hydrogen) atoms. The number of anilines is 1. The van der Waals surface area contributed by atoms with Crippen LogP contribution in [0.15, 0.2) is 17.5 Å². The van der Waals surface area contributed by atoms with E-state index in [2.05, 4.69) is 10.6 Å². The standard InChI is InChI=1S/C18H22N2O4S2/c1-4-5-8-19-16(22)15-11(2)14(18(23)24-3)17(26-15)20-13(21)10-12-7-6-9-25-12/h6-7,9H,4-5,8,10H2,1-3H3,(H,19,22)(H,20,21). The maximum atomic E-state index is 12.4. The predicted molar refractivity (Wildman–Crippen MR) is 104 cm³/mol. The van der Waals surface area contributed by atoms with Crippen LogP contribution in [0.25, 0.3) is 0 Å². The minimum atomic E-state index is -0.571. The largest absolute Gasteiger partial charge is 0.465 e. The van der Waals surface area contributed by atoms with Crippen molar-refractivity contribution in [2.24, 2.45) is 0 Å². The highest BCUT2D eigenvalue weighted by molar-refractivity contribution is 7.18. The molecule has 0 aliphatic heterocycles. The van der Waals surface area contributed by atoms with E-state index in [4.69, 9.17) is 4.74 Å². The number of rotatable bonds is 8. The molecule has 0 radical (unpaired) electrons. The zero-order valence-electron chi connectivity index (χ0n) is 15.0. The Hall–Kier alpha value is -2.19. The normalized spacial score (nSPS) is 10.4. The molecule has 0 saturated heterocycles. The fraction of sp³-hybridized carbons (Fsp3) is 0.389. The van der Waals surface area contributed by atoms with Crippen molar-refractivity contribution in [1.29, 1.82) is 0 Å². The lowest BCUT2D eigenvalue weighted by atomic mass is 10.1. The number of ether oxygens (including phenoxy) is 1. The van der Waals surface area contributed by atoms with Gasteiger partial charge in [-0.3, -0.25) is 9.59 Å². The molecular weight excluding hydrogens is 372 g/mol. The van der Waals surface area contributed by atoms with Crippen LogP contribution in [0.3, 0.4) is 0 Å². The van der Waals surface area contributed by atoms with Gasteiger partial charge in [0.15, 0.2) is 0 Å². The predicted octanol–water partition coefficient (Wildman–Crippen LogP) is 3.62. The summed E-state index contributed by atoms with van der Waals surface area (Å²) in [5, 5.41) is 7.83. The molecule has 0 saturated carbocycles. The van der Waals surface area contributed by atoms with Crippen LogP contribution in [0, 0.1) is 6.92 Å². The number of thiophene rings is 2. The first-order chi connectivity index (χ1) is 12.5. The van der Waals surface area contributed by atoms with Crippen LogP contribution >= 0.6 is 22.7 Å². The summed E-state index contributed by atoms with van der Waals surface area (Å²) in [6, 6.07) is 3.75. The molecule has 0 aliphatic rings. The van der Waals surface area contributed by atoms with Crippen LogP contribution in [0.1, 0.15) is 50.2 Å². The number of hydrogen-bond acceptors (Lipinski definition) is 6. The Balaban J connectivity index is 2.23. The zero-order valence-corrected chi connectivity index (χ0v) is 16.6. The molecule has 0 unspecified atom stereocenters. The first-order valence-electron chi connectivity index (χ1n) is 8.30. The molecule has 2 heterocycles. The number of methoxy groups -OCH3 is 1. The van der Waals surface area contributed by atoms with E-state index in [1.165, 1.54) is 18.4 Å². The van der Waals surface area contributed by atoms with E-state index in [0.29, 0.717) is 22.0 Å². The van der Waals surface area contributed by atoms with Crippen molar-refractivity contribution < 1.29 is 19.1 Å². The van der Waals surface area contributed by atoms with Crippen LogP contribution < -0.4 is 10.6 Å². The molecule has 8 heteroatoms. The van der Waals surface area contributed by atoms with Gasteiger partial charge < -0.3 is 15.4 Å². The van der Waals surface area contributed by atoms with Gasteiger partial charge in [-0.2, -0.15) is 0 Å². The van der Waals surface area contributed by atoms with Crippen molar-refractivity contribution in [2.45, 2.75) is 33.1 Å². The summed E-state index contributed by atoms with van der Waals surface area (Å²) in [6.45, 7) is 4.30. The van der Waals surface area contributed by atoms with E-state index in [9.17, 15) is 14.4 Å². The lowest BCUT2D eigenvalue weighted by molar-refractivity contribution is -0.115. The van der Waals surface area contributed by atoms with Crippen molar-refractivity contribution in [3.8, 4) is 0 Å². The average Bonchev–Trinajstić information content (AvgIpc) is 3.22. The van der Waals surface area contributed by atoms with E-state index < -0.39 is 5.97 Å². The Kier molecular flexibility index (Phi) is 7.35. The molecule has 0 aromatic carbocycles. The number of amides is 2. The topological polar surface area (TPSA) is 84.5 Å². The number of nitrogens with one attached hydrogen (secondary N) is 2. The van der Waals surface area contributed by atoms with Crippen molar-refractivity contribution in [2.75, 3.05) is 19.0 Å². The van der Waals surface area contributed by atoms with E-state index in [1.807, 2.05) is 24.4 Å². The van der Waals surface area contributed by atoms with E-state index in [-0.39, 0.29) is 23.8 Å². The highest BCUT2D eigenvalue weighted by Crippen LogP contribution is 2.34. The Morgan fingerprint density at radius 2 is 2.04 bits per heavy atom. The summed E-state index contributed by atoms with van der Waals surface area (Å²) in [7, 11) is 1.28. The molecule has 2 amide bonds. The lowest BCUT2D eigenvalue weighted by Gasteiger charge is -2.05. The lowest BCUT2D eigenvalue weighted by Crippen LogP contribution is -2.24. The number of esters is 1. The highest BCUT2D eigenvalue weighted by Gasteiger charge is 2.26. The molecule has 0 fully saturated rings. The van der Waals surface area contributed by atoms with Gasteiger partial charge in [0.25, 0.3) is 5.91 Å². The fourth-order valence-corrected chi connectivity index (χ4v) is 4.20. The van der Waals surface area contributed by atoms with Gasteiger partial charge in [0.2, 0.25) is 5.91 Å². The number of carbonyl (C=O) groups is 3. The van der Waals surface area contributed by atoms with Crippen LogP contribution in [-0.2, 0) is 16.0 Å². The Morgan fingerprint density at radius 3 is 2.65 bits per heavy atom. The fourth-order valence-electron chi connectivity index (χ4n) is 2.37. The quantitative estimate of drug-likeness (QED) is 0.529. The van der Waals surface area contributed by atoms with Gasteiger partial charge in [-0.05, 0) is 30.4 Å². The Labute approximate surface area is 160 Å². The Bertz CT molecular complexity index is 781. The second kappa shape index (κ2) is 9.49. The van der Waals surface area contributed by atoms with Crippen LogP contribution in [0.2, 0.25) is 0 Å². The molecule has 2 aromatic heterocycles. The third-order valence-electron chi connectivity index (χ3n) is 3.73. The minimum Gasteiger partial charge on any atom is -0.465 e.